The van der Waals surface area contributed by atoms with Crippen molar-refractivity contribution in [2.45, 2.75) is 12.6 Å². The zero-order valence-electron chi connectivity index (χ0n) is 9.78. The first-order valence-electron chi connectivity index (χ1n) is 5.50. The van der Waals surface area contributed by atoms with Gasteiger partial charge in [-0.05, 0) is 23.8 Å². The molecule has 0 aliphatic carbocycles. The van der Waals surface area contributed by atoms with E-state index in [1.54, 1.807) is 18.2 Å². The Hall–Kier alpha value is -2.35. The molecule has 2 nitrogen and oxygen atoms in total. The summed E-state index contributed by atoms with van der Waals surface area (Å²) in [4.78, 5) is 4.03. The van der Waals surface area contributed by atoms with Crippen molar-refractivity contribution in [3.63, 3.8) is 0 Å². The first-order chi connectivity index (χ1) is 9.00. The Kier molecular flexibility index (Phi) is 3.52. The molecule has 0 aliphatic rings. The van der Waals surface area contributed by atoms with Gasteiger partial charge in [0.15, 0.2) is 0 Å². The van der Waals surface area contributed by atoms with E-state index in [-0.39, 0.29) is 6.42 Å². The van der Waals surface area contributed by atoms with E-state index in [9.17, 15) is 13.2 Å². The van der Waals surface area contributed by atoms with Crippen LogP contribution in [0, 0.1) is 11.3 Å². The summed E-state index contributed by atoms with van der Waals surface area (Å²) >= 11 is 0. The molecule has 1 heterocycles. The van der Waals surface area contributed by atoms with Crippen LogP contribution in [0.5, 0.6) is 0 Å². The van der Waals surface area contributed by atoms with Crippen molar-refractivity contribution in [1.29, 1.82) is 5.26 Å². The van der Waals surface area contributed by atoms with Gasteiger partial charge in [-0.3, -0.25) is 4.98 Å². The molecule has 96 valence electrons. The number of aromatic nitrogens is 1. The van der Waals surface area contributed by atoms with Crippen molar-refractivity contribution in [3.8, 4) is 17.2 Å². The van der Waals surface area contributed by atoms with Gasteiger partial charge in [0.25, 0.3) is 0 Å². The molecule has 0 unspecified atom stereocenters. The van der Waals surface area contributed by atoms with Gasteiger partial charge in [-0.25, -0.2) is 0 Å². The van der Waals surface area contributed by atoms with Crippen molar-refractivity contribution >= 4 is 0 Å². The molecule has 5 heteroatoms. The first kappa shape index (κ1) is 13.1. The van der Waals surface area contributed by atoms with E-state index in [1.807, 2.05) is 6.07 Å². The highest BCUT2D eigenvalue weighted by molar-refractivity contribution is 5.63. The molecule has 0 amide bonds. The highest BCUT2D eigenvalue weighted by Gasteiger charge is 2.30. The highest BCUT2D eigenvalue weighted by Crippen LogP contribution is 2.31. The Balaban J connectivity index is 2.34. The number of rotatable bonds is 2. The number of pyridine rings is 1. The summed E-state index contributed by atoms with van der Waals surface area (Å²) in [5, 5.41) is 8.52. The molecule has 1 aromatic carbocycles. The molecule has 0 saturated carbocycles. The molecule has 1 aromatic heterocycles. The lowest BCUT2D eigenvalue weighted by molar-refractivity contribution is -0.137. The maximum Gasteiger partial charge on any atom is 0.416 e. The molecule has 0 atom stereocenters. The lowest BCUT2D eigenvalue weighted by atomic mass is 10.0. The summed E-state index contributed by atoms with van der Waals surface area (Å²) in [5.41, 5.74) is 0.947. The summed E-state index contributed by atoms with van der Waals surface area (Å²) in [6.07, 6.45) is -2.70. The Morgan fingerprint density at radius 3 is 2.47 bits per heavy atom. The predicted molar refractivity (Wildman–Crippen MR) is 64.0 cm³/mol. The number of nitrogens with zero attached hydrogens (tertiary/aromatic N) is 2. The average molecular weight is 262 g/mol. The van der Waals surface area contributed by atoms with Crippen molar-refractivity contribution < 1.29 is 13.2 Å². The standard InChI is InChI=1S/C14H9F3N2/c15-14(16,17)12-3-1-2-10(8-12)11-4-5-13(6-7-18)19-9-11/h1-5,8-9H,6H2. The molecule has 0 bridgehead atoms. The summed E-state index contributed by atoms with van der Waals surface area (Å²) in [6, 6.07) is 10.3. The monoisotopic (exact) mass is 262 g/mol. The predicted octanol–water partition coefficient (Wildman–Crippen LogP) is 3.83. The van der Waals surface area contributed by atoms with Gasteiger partial charge >= 0.3 is 6.18 Å². The van der Waals surface area contributed by atoms with E-state index in [1.165, 1.54) is 12.3 Å². The molecule has 2 rings (SSSR count). The molecule has 0 N–H and O–H groups in total. The second-order valence-corrected chi connectivity index (χ2v) is 3.95. The first-order valence-corrected chi connectivity index (χ1v) is 5.50. The summed E-state index contributed by atoms with van der Waals surface area (Å²) in [7, 11) is 0. The van der Waals surface area contributed by atoms with Gasteiger partial charge in [0.1, 0.15) is 0 Å². The topological polar surface area (TPSA) is 36.7 Å². The van der Waals surface area contributed by atoms with E-state index in [0.717, 1.165) is 12.1 Å². The fraction of sp³-hybridized carbons (Fsp3) is 0.143. The number of benzene rings is 1. The number of nitriles is 1. The van der Waals surface area contributed by atoms with Crippen LogP contribution in [-0.4, -0.2) is 4.98 Å². The molecule has 2 aromatic rings. The van der Waals surface area contributed by atoms with Crippen LogP contribution in [-0.2, 0) is 12.6 Å². The second-order valence-electron chi connectivity index (χ2n) is 3.95. The Labute approximate surface area is 108 Å². The van der Waals surface area contributed by atoms with E-state index in [0.29, 0.717) is 16.8 Å². The van der Waals surface area contributed by atoms with Gasteiger partial charge in [0.2, 0.25) is 0 Å². The van der Waals surface area contributed by atoms with Gasteiger partial charge in [0, 0.05) is 11.8 Å². The van der Waals surface area contributed by atoms with Crippen LogP contribution in [0.15, 0.2) is 42.6 Å². The molecule has 0 aliphatic heterocycles. The summed E-state index contributed by atoms with van der Waals surface area (Å²) in [5.74, 6) is 0. The van der Waals surface area contributed by atoms with E-state index >= 15 is 0 Å². The Morgan fingerprint density at radius 2 is 1.89 bits per heavy atom. The van der Waals surface area contributed by atoms with Gasteiger partial charge in [-0.1, -0.05) is 18.2 Å². The molecule has 19 heavy (non-hydrogen) atoms. The van der Waals surface area contributed by atoms with Gasteiger partial charge in [-0.2, -0.15) is 18.4 Å². The van der Waals surface area contributed by atoms with Crippen LogP contribution >= 0.6 is 0 Å². The molecular formula is C14H9F3N2. The van der Waals surface area contributed by atoms with Crippen molar-refractivity contribution in [2.24, 2.45) is 0 Å². The number of halogens is 3. The average Bonchev–Trinajstić information content (AvgIpc) is 2.39. The van der Waals surface area contributed by atoms with E-state index in [2.05, 4.69) is 4.98 Å². The molecule has 0 radical (unpaired) electrons. The van der Waals surface area contributed by atoms with E-state index in [4.69, 9.17) is 5.26 Å². The number of alkyl halides is 3. The van der Waals surface area contributed by atoms with Crippen LogP contribution in [0.1, 0.15) is 11.3 Å². The molecule has 0 spiro atoms. The summed E-state index contributed by atoms with van der Waals surface area (Å²) < 4.78 is 37.8. The minimum atomic E-state index is -4.36. The molecular weight excluding hydrogens is 253 g/mol. The fourth-order valence-corrected chi connectivity index (χ4v) is 1.66. The van der Waals surface area contributed by atoms with Crippen LogP contribution in [0.25, 0.3) is 11.1 Å². The fourth-order valence-electron chi connectivity index (χ4n) is 1.66. The largest absolute Gasteiger partial charge is 0.416 e. The number of hydrogen-bond acceptors (Lipinski definition) is 2. The van der Waals surface area contributed by atoms with Gasteiger partial charge in [-0.15, -0.1) is 0 Å². The van der Waals surface area contributed by atoms with Crippen molar-refractivity contribution in [3.05, 3.63) is 53.9 Å². The minimum Gasteiger partial charge on any atom is -0.260 e. The van der Waals surface area contributed by atoms with Crippen LogP contribution in [0.3, 0.4) is 0 Å². The third kappa shape index (κ3) is 3.10. The third-order valence-electron chi connectivity index (χ3n) is 2.61. The van der Waals surface area contributed by atoms with Crippen LogP contribution in [0.2, 0.25) is 0 Å². The Bertz CT molecular complexity index is 610. The second kappa shape index (κ2) is 5.11. The summed E-state index contributed by atoms with van der Waals surface area (Å²) in [6.45, 7) is 0. The number of hydrogen-bond donors (Lipinski definition) is 0. The maximum absolute atomic E-state index is 12.6. The van der Waals surface area contributed by atoms with Crippen LogP contribution in [0.4, 0.5) is 13.2 Å². The van der Waals surface area contributed by atoms with Crippen molar-refractivity contribution in [2.75, 3.05) is 0 Å². The van der Waals surface area contributed by atoms with Crippen LogP contribution < -0.4 is 0 Å². The zero-order valence-corrected chi connectivity index (χ0v) is 9.78. The zero-order chi connectivity index (χ0) is 13.9. The van der Waals surface area contributed by atoms with Gasteiger partial charge in [0.05, 0.1) is 23.7 Å². The van der Waals surface area contributed by atoms with Crippen molar-refractivity contribution in [1.82, 2.24) is 4.98 Å². The maximum atomic E-state index is 12.6. The Morgan fingerprint density at radius 1 is 1.11 bits per heavy atom. The highest BCUT2D eigenvalue weighted by atomic mass is 19.4. The minimum absolute atomic E-state index is 0.183. The lowest BCUT2D eigenvalue weighted by Gasteiger charge is -2.08. The normalized spacial score (nSPS) is 11.1. The molecule has 0 fully saturated rings. The van der Waals surface area contributed by atoms with E-state index < -0.39 is 11.7 Å². The third-order valence-corrected chi connectivity index (χ3v) is 2.61. The smallest absolute Gasteiger partial charge is 0.260 e. The van der Waals surface area contributed by atoms with Gasteiger partial charge < -0.3 is 0 Å². The SMILES string of the molecule is N#CCc1ccc(-c2cccc(C(F)(F)F)c2)cn1. The lowest BCUT2D eigenvalue weighted by Crippen LogP contribution is -2.04. The molecule has 0 saturated heterocycles. The quantitative estimate of drug-likeness (QED) is 0.824.